The molecule has 1 heterocycles. The second-order valence-electron chi connectivity index (χ2n) is 4.96. The number of hydrogen-bond acceptors (Lipinski definition) is 5. The van der Waals surface area contributed by atoms with Crippen molar-refractivity contribution >= 4 is 31.9 Å². The van der Waals surface area contributed by atoms with E-state index in [0.29, 0.717) is 25.5 Å². The van der Waals surface area contributed by atoms with E-state index in [2.05, 4.69) is 36.8 Å². The summed E-state index contributed by atoms with van der Waals surface area (Å²) >= 11 is 6.65. The minimum Gasteiger partial charge on any atom is -0.497 e. The molecule has 0 aliphatic carbocycles. The number of halogens is 2. The zero-order valence-corrected chi connectivity index (χ0v) is 16.7. The first kappa shape index (κ1) is 19.2. The van der Waals surface area contributed by atoms with Gasteiger partial charge in [0.1, 0.15) is 30.4 Å². The van der Waals surface area contributed by atoms with Gasteiger partial charge in [0.25, 0.3) is 0 Å². The Morgan fingerprint density at radius 2 is 1.96 bits per heavy atom. The Kier molecular flexibility index (Phi) is 7.98. The Balaban J connectivity index is 1.85. The van der Waals surface area contributed by atoms with Gasteiger partial charge in [-0.3, -0.25) is 0 Å². The van der Waals surface area contributed by atoms with Crippen LogP contribution in [-0.4, -0.2) is 19.2 Å². The molecule has 7 heteroatoms. The lowest BCUT2D eigenvalue weighted by Crippen LogP contribution is -2.01. The molecule has 0 aliphatic rings. The van der Waals surface area contributed by atoms with Crippen LogP contribution in [0.15, 0.2) is 44.4 Å². The van der Waals surface area contributed by atoms with Crippen molar-refractivity contribution in [3.63, 3.8) is 0 Å². The monoisotopic (exact) mass is 459 g/mol. The third-order valence-electron chi connectivity index (χ3n) is 3.32. The first-order valence-electron chi connectivity index (χ1n) is 7.31. The predicted molar refractivity (Wildman–Crippen MR) is 98.3 cm³/mol. The van der Waals surface area contributed by atoms with Gasteiger partial charge in [0.2, 0.25) is 5.89 Å². The van der Waals surface area contributed by atoms with Gasteiger partial charge < -0.3 is 18.6 Å². The summed E-state index contributed by atoms with van der Waals surface area (Å²) in [7, 11) is 3.29. The third-order valence-corrected chi connectivity index (χ3v) is 3.97. The molecule has 2 aromatic rings. The Labute approximate surface area is 158 Å². The van der Waals surface area contributed by atoms with Crippen molar-refractivity contribution in [2.75, 3.05) is 14.2 Å². The maximum atomic E-state index is 5.64. The van der Waals surface area contributed by atoms with Gasteiger partial charge in [-0.15, -0.1) is 0 Å². The van der Waals surface area contributed by atoms with Gasteiger partial charge in [-0.05, 0) is 56.0 Å². The second kappa shape index (κ2) is 9.98. The normalized spacial score (nSPS) is 12.0. The maximum Gasteiger partial charge on any atom is 0.220 e. The van der Waals surface area contributed by atoms with Crippen LogP contribution in [0.4, 0.5) is 0 Å². The van der Waals surface area contributed by atoms with Crippen molar-refractivity contribution in [2.24, 2.45) is 0 Å². The molecule has 24 heavy (non-hydrogen) atoms. The zero-order valence-electron chi connectivity index (χ0n) is 13.5. The van der Waals surface area contributed by atoms with Gasteiger partial charge in [0.15, 0.2) is 0 Å². The number of rotatable bonds is 9. The predicted octanol–water partition coefficient (Wildman–Crippen LogP) is 5.11. The summed E-state index contributed by atoms with van der Waals surface area (Å²) in [5.41, 5.74) is 1.81. The van der Waals surface area contributed by atoms with Gasteiger partial charge in [-0.1, -0.05) is 18.2 Å². The molecule has 1 atom stereocenters. The van der Waals surface area contributed by atoms with E-state index in [0.717, 1.165) is 20.4 Å². The number of oxazole rings is 1. The van der Waals surface area contributed by atoms with Crippen LogP contribution in [0.3, 0.4) is 0 Å². The van der Waals surface area contributed by atoms with E-state index in [1.807, 2.05) is 30.3 Å². The van der Waals surface area contributed by atoms with E-state index in [4.69, 9.17) is 18.6 Å². The Hall–Kier alpha value is -1.15. The highest BCUT2D eigenvalue weighted by Crippen LogP contribution is 2.24. The quantitative estimate of drug-likeness (QED) is 0.520. The molecule has 0 radical (unpaired) electrons. The van der Waals surface area contributed by atoms with Crippen molar-refractivity contribution in [3.8, 4) is 5.75 Å². The average Bonchev–Trinajstić information content (AvgIpc) is 3.04. The van der Waals surface area contributed by atoms with Crippen LogP contribution in [0.2, 0.25) is 0 Å². The highest BCUT2D eigenvalue weighted by Gasteiger charge is 2.15. The minimum atomic E-state index is -0.158. The second-order valence-corrected chi connectivity index (χ2v) is 7.73. The molecule has 0 aliphatic heterocycles. The molecular weight excluding hydrogens is 442 g/mol. The summed E-state index contributed by atoms with van der Waals surface area (Å²) in [6.45, 7) is 0.787. The van der Waals surface area contributed by atoms with Crippen molar-refractivity contribution in [1.82, 2.24) is 4.98 Å². The summed E-state index contributed by atoms with van der Waals surface area (Å²) in [6.07, 6.45) is 4.09. The van der Waals surface area contributed by atoms with E-state index in [-0.39, 0.29) is 6.10 Å². The lowest BCUT2D eigenvalue weighted by atomic mass is 10.2. The molecule has 130 valence electrons. The van der Waals surface area contributed by atoms with Crippen molar-refractivity contribution in [3.05, 3.63) is 57.1 Å². The first-order valence-corrected chi connectivity index (χ1v) is 8.90. The summed E-state index contributed by atoms with van der Waals surface area (Å²) < 4.78 is 22.5. The molecule has 0 fully saturated rings. The van der Waals surface area contributed by atoms with Crippen molar-refractivity contribution < 1.29 is 18.6 Å². The van der Waals surface area contributed by atoms with Gasteiger partial charge in [0, 0.05) is 7.11 Å². The molecule has 0 spiro atoms. The topological polar surface area (TPSA) is 53.7 Å². The average molecular weight is 461 g/mol. The third kappa shape index (κ3) is 6.05. The molecule has 2 rings (SSSR count). The highest BCUT2D eigenvalue weighted by molar-refractivity contribution is 9.28. The Bertz CT molecular complexity index is 651. The SMILES string of the molecule is COc1ccc(COCc2nc([C@H](CC=C(Br)Br)OC)co2)cc1. The summed E-state index contributed by atoms with van der Waals surface area (Å²) in [5, 5.41) is 0. The van der Waals surface area contributed by atoms with Gasteiger partial charge in [-0.2, -0.15) is 0 Å². The van der Waals surface area contributed by atoms with E-state index in [1.54, 1.807) is 20.5 Å². The van der Waals surface area contributed by atoms with E-state index < -0.39 is 0 Å². The van der Waals surface area contributed by atoms with Gasteiger partial charge in [0.05, 0.1) is 17.1 Å². The Morgan fingerprint density at radius 1 is 1.21 bits per heavy atom. The van der Waals surface area contributed by atoms with Crippen LogP contribution in [0.25, 0.3) is 0 Å². The number of hydrogen-bond donors (Lipinski definition) is 0. The maximum absolute atomic E-state index is 5.64. The van der Waals surface area contributed by atoms with Crippen LogP contribution in [0.5, 0.6) is 5.75 Å². The minimum absolute atomic E-state index is 0.158. The lowest BCUT2D eigenvalue weighted by Gasteiger charge is -2.09. The van der Waals surface area contributed by atoms with Gasteiger partial charge in [-0.25, -0.2) is 4.98 Å². The number of methoxy groups -OCH3 is 2. The fraction of sp³-hybridized carbons (Fsp3) is 0.353. The number of aromatic nitrogens is 1. The van der Waals surface area contributed by atoms with Crippen molar-refractivity contribution in [1.29, 1.82) is 0 Å². The summed E-state index contributed by atoms with van der Waals surface area (Å²) in [6, 6.07) is 7.73. The molecule has 0 N–H and O–H groups in total. The fourth-order valence-electron chi connectivity index (χ4n) is 2.05. The molecule has 1 aromatic carbocycles. The fourth-order valence-corrected chi connectivity index (χ4v) is 2.42. The molecule has 0 saturated heterocycles. The lowest BCUT2D eigenvalue weighted by molar-refractivity contribution is 0.0888. The number of nitrogens with zero attached hydrogens (tertiary/aromatic N) is 1. The van der Waals surface area contributed by atoms with Gasteiger partial charge >= 0.3 is 0 Å². The van der Waals surface area contributed by atoms with Crippen LogP contribution in [-0.2, 0) is 22.7 Å². The molecule has 1 aromatic heterocycles. The largest absolute Gasteiger partial charge is 0.497 e. The van der Waals surface area contributed by atoms with Crippen LogP contribution in [0, 0.1) is 0 Å². The molecular formula is C17H19Br2NO4. The zero-order chi connectivity index (χ0) is 17.4. The first-order chi connectivity index (χ1) is 11.6. The van der Waals surface area contributed by atoms with Crippen molar-refractivity contribution in [2.45, 2.75) is 25.7 Å². The summed E-state index contributed by atoms with van der Waals surface area (Å²) in [4.78, 5) is 4.42. The van der Waals surface area contributed by atoms with Crippen LogP contribution in [0.1, 0.15) is 29.7 Å². The van der Waals surface area contributed by atoms with Crippen LogP contribution >= 0.6 is 31.9 Å². The van der Waals surface area contributed by atoms with E-state index in [9.17, 15) is 0 Å². The highest BCUT2D eigenvalue weighted by atomic mass is 79.9. The molecule has 5 nitrogen and oxygen atoms in total. The molecule has 0 amide bonds. The number of ether oxygens (including phenoxy) is 3. The smallest absolute Gasteiger partial charge is 0.220 e. The Morgan fingerprint density at radius 3 is 2.58 bits per heavy atom. The molecule has 0 bridgehead atoms. The molecule has 0 saturated carbocycles. The number of benzene rings is 1. The van der Waals surface area contributed by atoms with Crippen LogP contribution < -0.4 is 4.74 Å². The van der Waals surface area contributed by atoms with E-state index >= 15 is 0 Å². The molecule has 0 unspecified atom stereocenters. The standard InChI is InChI=1S/C17H19Br2NO4/c1-21-13-5-3-12(4-6-13)9-23-11-17-20-14(10-24-17)15(22-2)7-8-16(18)19/h3-6,8,10,15H,7,9,11H2,1-2H3/t15-/m0/s1. The summed E-state index contributed by atoms with van der Waals surface area (Å²) in [5.74, 6) is 1.35. The van der Waals surface area contributed by atoms with E-state index in [1.165, 1.54) is 0 Å².